The zero-order chi connectivity index (χ0) is 14.3. The Balaban J connectivity index is 2.72. The molecule has 1 aliphatic rings. The van der Waals surface area contributed by atoms with Crippen molar-refractivity contribution in [2.75, 3.05) is 7.05 Å². The summed E-state index contributed by atoms with van der Waals surface area (Å²) in [5, 5.41) is 9.71. The molecule has 1 atom stereocenters. The number of aliphatic carboxylic acids is 1. The van der Waals surface area contributed by atoms with Gasteiger partial charge in [-0.1, -0.05) is 18.2 Å². The largest absolute Gasteiger partial charge is 0.487 e. The average Bonchev–Trinajstić information content (AvgIpc) is 2.35. The van der Waals surface area contributed by atoms with Gasteiger partial charge in [-0.15, -0.1) is 0 Å². The molecule has 1 unspecified atom stereocenters. The Bertz CT molecular complexity index is 526. The molecule has 1 aliphatic heterocycles. The fourth-order valence-corrected chi connectivity index (χ4v) is 2.69. The highest BCUT2D eigenvalue weighted by atomic mass is 16.5. The molecule has 0 radical (unpaired) electrons. The summed E-state index contributed by atoms with van der Waals surface area (Å²) in [5.41, 5.74) is -1.54. The van der Waals surface area contributed by atoms with Gasteiger partial charge < -0.3 is 14.7 Å². The number of fused-ring (bicyclic) bond motifs is 1. The normalized spacial score (nSPS) is 23.9. The minimum atomic E-state index is -1.39. The smallest absolute Gasteiger partial charge is 0.334 e. The molecule has 0 bridgehead atoms. The first-order chi connectivity index (χ1) is 8.83. The van der Waals surface area contributed by atoms with Gasteiger partial charge in [0.2, 0.25) is 6.41 Å². The quantitative estimate of drug-likeness (QED) is 0.841. The summed E-state index contributed by atoms with van der Waals surface area (Å²) in [5.74, 6) is -0.541. The number of likely N-dealkylation sites (N-methyl/N-ethyl adjacent to an activating group) is 1. The minimum absolute atomic E-state index is 0.196. The van der Waals surface area contributed by atoms with E-state index >= 15 is 0 Å². The number of carboxylic acid groups (broad SMARTS) is 1. The number of carbonyl (C=O) groups excluding carboxylic acids is 1. The summed E-state index contributed by atoms with van der Waals surface area (Å²) >= 11 is 0. The predicted molar refractivity (Wildman–Crippen MR) is 68.9 cm³/mol. The number of ether oxygens (including phenoxy) is 1. The molecule has 5 nitrogen and oxygen atoms in total. The maximum absolute atomic E-state index is 11.9. The highest BCUT2D eigenvalue weighted by molar-refractivity contribution is 5.85. The maximum Gasteiger partial charge on any atom is 0.334 e. The topological polar surface area (TPSA) is 66.8 Å². The fraction of sp³-hybridized carbons (Fsp3) is 0.429. The van der Waals surface area contributed by atoms with E-state index in [1.165, 1.54) is 11.9 Å². The van der Waals surface area contributed by atoms with Crippen LogP contribution in [0.25, 0.3) is 0 Å². The molecular weight excluding hydrogens is 246 g/mol. The van der Waals surface area contributed by atoms with Crippen molar-refractivity contribution in [2.45, 2.75) is 31.4 Å². The maximum atomic E-state index is 11.9. The van der Waals surface area contributed by atoms with Crippen LogP contribution in [0.5, 0.6) is 5.75 Å². The number of hydrogen-bond acceptors (Lipinski definition) is 3. The molecular formula is C14H17NO4. The van der Waals surface area contributed by atoms with Crippen molar-refractivity contribution in [1.82, 2.24) is 4.90 Å². The molecule has 2 rings (SSSR count). The minimum Gasteiger partial charge on any atom is -0.487 e. The van der Waals surface area contributed by atoms with Crippen LogP contribution in [0.4, 0.5) is 0 Å². The standard InChI is InChI=1S/C14H17NO4/c1-13(2)8-14(12(17)18,15(3)9-16)10-6-4-5-7-11(10)19-13/h4-7,9H,8H2,1-3H3,(H,17,18). The molecule has 1 heterocycles. The van der Waals surface area contributed by atoms with Crippen LogP contribution in [-0.2, 0) is 15.1 Å². The number of nitrogens with zero attached hydrogens (tertiary/aromatic N) is 1. The lowest BCUT2D eigenvalue weighted by Gasteiger charge is -2.46. The molecule has 5 heteroatoms. The molecule has 0 fully saturated rings. The Morgan fingerprint density at radius 3 is 2.63 bits per heavy atom. The van der Waals surface area contributed by atoms with E-state index in [1.54, 1.807) is 24.3 Å². The van der Waals surface area contributed by atoms with E-state index in [-0.39, 0.29) is 6.42 Å². The van der Waals surface area contributed by atoms with Gasteiger partial charge in [0.25, 0.3) is 0 Å². The molecule has 102 valence electrons. The van der Waals surface area contributed by atoms with E-state index in [1.807, 2.05) is 13.8 Å². The van der Waals surface area contributed by atoms with E-state index in [0.717, 1.165) is 0 Å². The summed E-state index contributed by atoms with van der Waals surface area (Å²) in [6, 6.07) is 6.95. The molecule has 1 amide bonds. The molecule has 19 heavy (non-hydrogen) atoms. The number of rotatable bonds is 3. The number of benzene rings is 1. The third-order valence-corrected chi connectivity index (χ3v) is 3.51. The highest BCUT2D eigenvalue weighted by Gasteiger charge is 2.53. The fourth-order valence-electron chi connectivity index (χ4n) is 2.69. The molecule has 1 N–H and O–H groups in total. The van der Waals surface area contributed by atoms with Crippen LogP contribution in [-0.4, -0.2) is 35.0 Å². The van der Waals surface area contributed by atoms with Gasteiger partial charge in [-0.05, 0) is 19.9 Å². The molecule has 0 aromatic heterocycles. The number of hydrogen-bond donors (Lipinski definition) is 1. The average molecular weight is 263 g/mol. The van der Waals surface area contributed by atoms with Crippen LogP contribution >= 0.6 is 0 Å². The summed E-state index contributed by atoms with van der Waals surface area (Å²) < 4.78 is 5.81. The van der Waals surface area contributed by atoms with Gasteiger partial charge in [0, 0.05) is 19.0 Å². The first kappa shape index (κ1) is 13.4. The van der Waals surface area contributed by atoms with Gasteiger partial charge in [0.15, 0.2) is 5.54 Å². The Kier molecular flexibility index (Phi) is 3.00. The second-order valence-electron chi connectivity index (χ2n) is 5.42. The van der Waals surface area contributed by atoms with Gasteiger partial charge in [0.05, 0.1) is 0 Å². The Hall–Kier alpha value is -2.04. The summed E-state index contributed by atoms with van der Waals surface area (Å²) in [4.78, 5) is 24.2. The van der Waals surface area contributed by atoms with Crippen molar-refractivity contribution in [1.29, 1.82) is 0 Å². The Morgan fingerprint density at radius 1 is 1.42 bits per heavy atom. The van der Waals surface area contributed by atoms with Crippen molar-refractivity contribution in [3.05, 3.63) is 29.8 Å². The molecule has 1 aromatic rings. The van der Waals surface area contributed by atoms with Crippen molar-refractivity contribution >= 4 is 12.4 Å². The monoisotopic (exact) mass is 263 g/mol. The lowest BCUT2D eigenvalue weighted by atomic mass is 9.76. The van der Waals surface area contributed by atoms with Gasteiger partial charge in [-0.25, -0.2) is 4.79 Å². The van der Waals surface area contributed by atoms with Crippen molar-refractivity contribution in [3.63, 3.8) is 0 Å². The van der Waals surface area contributed by atoms with Gasteiger partial charge >= 0.3 is 5.97 Å². The first-order valence-electron chi connectivity index (χ1n) is 6.04. The summed E-state index contributed by atoms with van der Waals surface area (Å²) in [7, 11) is 1.49. The number of carboxylic acids is 1. The van der Waals surface area contributed by atoms with Crippen molar-refractivity contribution in [2.24, 2.45) is 0 Å². The van der Waals surface area contributed by atoms with Gasteiger partial charge in [-0.2, -0.15) is 0 Å². The van der Waals surface area contributed by atoms with Gasteiger partial charge in [-0.3, -0.25) is 4.79 Å². The predicted octanol–water partition coefficient (Wildman–Crippen LogP) is 1.62. The Labute approximate surface area is 111 Å². The molecule has 0 saturated heterocycles. The van der Waals surface area contributed by atoms with Crippen LogP contribution in [0, 0.1) is 0 Å². The zero-order valence-electron chi connectivity index (χ0n) is 11.2. The third kappa shape index (κ3) is 1.95. The van der Waals surface area contributed by atoms with Crippen molar-refractivity contribution in [3.8, 4) is 5.75 Å². The lowest BCUT2D eigenvalue weighted by Crippen LogP contribution is -2.57. The lowest BCUT2D eigenvalue weighted by molar-refractivity contribution is -0.160. The van der Waals surface area contributed by atoms with E-state index in [9.17, 15) is 14.7 Å². The van der Waals surface area contributed by atoms with Crippen LogP contribution in [0.1, 0.15) is 25.8 Å². The highest BCUT2D eigenvalue weighted by Crippen LogP contribution is 2.46. The SMILES string of the molecule is CN(C=O)C1(C(=O)O)CC(C)(C)Oc2ccccc21. The molecule has 1 aromatic carbocycles. The van der Waals surface area contributed by atoms with E-state index in [4.69, 9.17) is 4.74 Å². The molecule has 0 saturated carbocycles. The first-order valence-corrected chi connectivity index (χ1v) is 6.04. The molecule has 0 aliphatic carbocycles. The zero-order valence-corrected chi connectivity index (χ0v) is 11.2. The van der Waals surface area contributed by atoms with E-state index < -0.39 is 17.1 Å². The Morgan fingerprint density at radius 2 is 2.05 bits per heavy atom. The van der Waals surface area contributed by atoms with Gasteiger partial charge in [0.1, 0.15) is 11.4 Å². The van der Waals surface area contributed by atoms with Crippen LogP contribution in [0.15, 0.2) is 24.3 Å². The van der Waals surface area contributed by atoms with E-state index in [0.29, 0.717) is 17.7 Å². The second-order valence-corrected chi connectivity index (χ2v) is 5.42. The number of amides is 1. The van der Waals surface area contributed by atoms with Crippen LogP contribution in [0.2, 0.25) is 0 Å². The van der Waals surface area contributed by atoms with E-state index in [2.05, 4.69) is 0 Å². The van der Waals surface area contributed by atoms with Crippen LogP contribution < -0.4 is 4.74 Å². The van der Waals surface area contributed by atoms with Crippen molar-refractivity contribution < 1.29 is 19.4 Å². The third-order valence-electron chi connectivity index (χ3n) is 3.51. The van der Waals surface area contributed by atoms with Crippen LogP contribution in [0.3, 0.4) is 0 Å². The molecule has 0 spiro atoms. The summed E-state index contributed by atoms with van der Waals surface area (Å²) in [6.07, 6.45) is 0.744. The number of carbonyl (C=O) groups is 2. The number of para-hydroxylation sites is 1. The summed E-state index contributed by atoms with van der Waals surface area (Å²) in [6.45, 7) is 3.64. The second kappa shape index (κ2) is 4.26.